The smallest absolute Gasteiger partial charge is 0.253 e. The molecule has 0 spiro atoms. The highest BCUT2D eigenvalue weighted by molar-refractivity contribution is 6.04. The SMILES string of the molecule is Cl.NCC(NC(=O)c1cccc2nccnc12)C1CCCCC1. The van der Waals surface area contributed by atoms with Crippen LogP contribution in [0.25, 0.3) is 11.0 Å². The quantitative estimate of drug-likeness (QED) is 0.900. The van der Waals surface area contributed by atoms with Gasteiger partial charge in [0, 0.05) is 25.0 Å². The number of carbonyl (C=O) groups excluding carboxylic acids is 1. The fourth-order valence-electron chi connectivity index (χ4n) is 3.33. The highest BCUT2D eigenvalue weighted by Crippen LogP contribution is 2.26. The molecule has 0 bridgehead atoms. The van der Waals surface area contributed by atoms with Crippen molar-refractivity contribution in [1.29, 1.82) is 0 Å². The van der Waals surface area contributed by atoms with Crippen LogP contribution < -0.4 is 11.1 Å². The second-order valence-corrected chi connectivity index (χ2v) is 5.94. The summed E-state index contributed by atoms with van der Waals surface area (Å²) in [5.74, 6) is 0.385. The summed E-state index contributed by atoms with van der Waals surface area (Å²) in [5.41, 5.74) is 7.84. The molecule has 23 heavy (non-hydrogen) atoms. The third kappa shape index (κ3) is 3.98. The van der Waals surface area contributed by atoms with Gasteiger partial charge in [0.25, 0.3) is 5.91 Å². The molecule has 0 radical (unpaired) electrons. The number of aromatic nitrogens is 2. The number of halogens is 1. The molecule has 1 heterocycles. The molecule has 1 aliphatic carbocycles. The van der Waals surface area contributed by atoms with Crippen LogP contribution in [0.2, 0.25) is 0 Å². The number of amides is 1. The topological polar surface area (TPSA) is 80.9 Å². The van der Waals surface area contributed by atoms with Gasteiger partial charge in [-0.3, -0.25) is 14.8 Å². The zero-order valence-electron chi connectivity index (χ0n) is 13.1. The van der Waals surface area contributed by atoms with Crippen LogP contribution in [-0.4, -0.2) is 28.5 Å². The lowest BCUT2D eigenvalue weighted by Crippen LogP contribution is -2.46. The monoisotopic (exact) mass is 334 g/mol. The number of hydrogen-bond acceptors (Lipinski definition) is 4. The van der Waals surface area contributed by atoms with E-state index in [4.69, 9.17) is 5.73 Å². The predicted octanol–water partition coefficient (Wildman–Crippen LogP) is 2.69. The van der Waals surface area contributed by atoms with Crippen LogP contribution in [0.4, 0.5) is 0 Å². The van der Waals surface area contributed by atoms with E-state index in [-0.39, 0.29) is 24.4 Å². The van der Waals surface area contributed by atoms with Gasteiger partial charge in [-0.15, -0.1) is 12.4 Å². The average molecular weight is 335 g/mol. The molecule has 1 aliphatic rings. The molecule has 2 aromatic rings. The zero-order chi connectivity index (χ0) is 15.4. The van der Waals surface area contributed by atoms with E-state index in [0.717, 1.165) is 18.4 Å². The first kappa shape index (κ1) is 17.6. The Morgan fingerprint density at radius 1 is 1.22 bits per heavy atom. The molecule has 3 N–H and O–H groups in total. The molecule has 124 valence electrons. The summed E-state index contributed by atoms with van der Waals surface area (Å²) in [6.07, 6.45) is 9.30. The van der Waals surface area contributed by atoms with Gasteiger partial charge in [0.15, 0.2) is 0 Å². The van der Waals surface area contributed by atoms with Gasteiger partial charge in [0.2, 0.25) is 0 Å². The van der Waals surface area contributed by atoms with Gasteiger partial charge in [0.1, 0.15) is 5.52 Å². The molecule has 1 unspecified atom stereocenters. The van der Waals surface area contributed by atoms with E-state index in [1.165, 1.54) is 19.3 Å². The predicted molar refractivity (Wildman–Crippen MR) is 93.7 cm³/mol. The lowest BCUT2D eigenvalue weighted by molar-refractivity contribution is 0.0917. The van der Waals surface area contributed by atoms with Crippen LogP contribution in [0.5, 0.6) is 0 Å². The van der Waals surface area contributed by atoms with Gasteiger partial charge < -0.3 is 11.1 Å². The van der Waals surface area contributed by atoms with Crippen LogP contribution in [0.15, 0.2) is 30.6 Å². The molecule has 3 rings (SSSR count). The van der Waals surface area contributed by atoms with Crippen molar-refractivity contribution in [2.75, 3.05) is 6.54 Å². The largest absolute Gasteiger partial charge is 0.348 e. The maximum Gasteiger partial charge on any atom is 0.253 e. The maximum absolute atomic E-state index is 12.6. The summed E-state index contributed by atoms with van der Waals surface area (Å²) in [7, 11) is 0. The lowest BCUT2D eigenvalue weighted by atomic mass is 9.84. The molecule has 0 saturated heterocycles. The fourth-order valence-corrected chi connectivity index (χ4v) is 3.33. The Morgan fingerprint density at radius 3 is 2.70 bits per heavy atom. The van der Waals surface area contributed by atoms with E-state index in [1.807, 2.05) is 12.1 Å². The van der Waals surface area contributed by atoms with Crippen LogP contribution >= 0.6 is 12.4 Å². The van der Waals surface area contributed by atoms with Crippen LogP contribution in [0.1, 0.15) is 42.5 Å². The molecule has 1 aromatic heterocycles. The minimum atomic E-state index is -0.105. The molecule has 1 fully saturated rings. The molecule has 5 nitrogen and oxygen atoms in total. The normalized spacial score (nSPS) is 16.6. The Kier molecular flexibility index (Phi) is 6.30. The zero-order valence-corrected chi connectivity index (χ0v) is 13.9. The number of benzene rings is 1. The summed E-state index contributed by atoms with van der Waals surface area (Å²) in [5, 5.41) is 3.11. The van der Waals surface area contributed by atoms with Crippen molar-refractivity contribution in [2.45, 2.75) is 38.1 Å². The van der Waals surface area contributed by atoms with E-state index < -0.39 is 0 Å². The van der Waals surface area contributed by atoms with Gasteiger partial charge in [-0.1, -0.05) is 25.3 Å². The van der Waals surface area contributed by atoms with Crippen molar-refractivity contribution in [2.24, 2.45) is 11.7 Å². The van der Waals surface area contributed by atoms with Crippen LogP contribution in [0, 0.1) is 5.92 Å². The van der Waals surface area contributed by atoms with Crippen molar-refractivity contribution >= 4 is 29.3 Å². The standard InChI is InChI=1S/C17H22N4O.ClH/c18-11-15(12-5-2-1-3-6-12)21-17(22)13-7-4-8-14-16(13)20-10-9-19-14;/h4,7-10,12,15H,1-3,5-6,11,18H2,(H,21,22);1H. The van der Waals surface area contributed by atoms with Gasteiger partial charge >= 0.3 is 0 Å². The number of para-hydroxylation sites is 1. The number of nitrogens with two attached hydrogens (primary N) is 1. The minimum absolute atomic E-state index is 0. The molecule has 1 saturated carbocycles. The molecule has 1 atom stereocenters. The van der Waals surface area contributed by atoms with Crippen molar-refractivity contribution in [3.05, 3.63) is 36.2 Å². The van der Waals surface area contributed by atoms with Crippen LogP contribution in [-0.2, 0) is 0 Å². The number of rotatable bonds is 4. The summed E-state index contributed by atoms with van der Waals surface area (Å²) in [6, 6.07) is 5.53. The minimum Gasteiger partial charge on any atom is -0.348 e. The summed E-state index contributed by atoms with van der Waals surface area (Å²) in [6.45, 7) is 0.479. The number of hydrogen-bond donors (Lipinski definition) is 2. The van der Waals surface area contributed by atoms with E-state index in [0.29, 0.717) is 23.5 Å². The molecule has 1 amide bonds. The third-order valence-corrected chi connectivity index (χ3v) is 4.53. The van der Waals surface area contributed by atoms with E-state index >= 15 is 0 Å². The maximum atomic E-state index is 12.6. The van der Waals surface area contributed by atoms with Crippen molar-refractivity contribution in [3.63, 3.8) is 0 Å². The summed E-state index contributed by atoms with van der Waals surface area (Å²) < 4.78 is 0. The molecule has 6 heteroatoms. The van der Waals surface area contributed by atoms with E-state index in [1.54, 1.807) is 18.5 Å². The first-order valence-corrected chi connectivity index (χ1v) is 8.00. The Hall–Kier alpha value is -1.72. The lowest BCUT2D eigenvalue weighted by Gasteiger charge is -2.30. The van der Waals surface area contributed by atoms with Crippen LogP contribution in [0.3, 0.4) is 0 Å². The third-order valence-electron chi connectivity index (χ3n) is 4.53. The molecule has 0 aliphatic heterocycles. The number of nitrogens with zero attached hydrogens (tertiary/aromatic N) is 2. The highest BCUT2D eigenvalue weighted by Gasteiger charge is 2.25. The van der Waals surface area contributed by atoms with Crippen molar-refractivity contribution < 1.29 is 4.79 Å². The highest BCUT2D eigenvalue weighted by atomic mass is 35.5. The Labute approximate surface area is 142 Å². The van der Waals surface area contributed by atoms with Gasteiger partial charge in [0.05, 0.1) is 11.1 Å². The van der Waals surface area contributed by atoms with E-state index in [9.17, 15) is 4.79 Å². The Morgan fingerprint density at radius 2 is 1.96 bits per heavy atom. The van der Waals surface area contributed by atoms with Gasteiger partial charge in [-0.25, -0.2) is 0 Å². The summed E-state index contributed by atoms with van der Waals surface area (Å²) in [4.78, 5) is 21.2. The number of carbonyl (C=O) groups is 1. The first-order valence-electron chi connectivity index (χ1n) is 8.00. The Balaban J connectivity index is 0.00000192. The molecule has 1 aromatic carbocycles. The Bertz CT molecular complexity index is 653. The average Bonchev–Trinajstić information content (AvgIpc) is 2.59. The fraction of sp³-hybridized carbons (Fsp3) is 0.471. The molecular formula is C17H23ClN4O. The molecular weight excluding hydrogens is 312 g/mol. The van der Waals surface area contributed by atoms with Gasteiger partial charge in [-0.2, -0.15) is 0 Å². The van der Waals surface area contributed by atoms with Crippen molar-refractivity contribution in [3.8, 4) is 0 Å². The summed E-state index contributed by atoms with van der Waals surface area (Å²) >= 11 is 0. The second kappa shape index (κ2) is 8.22. The van der Waals surface area contributed by atoms with E-state index in [2.05, 4.69) is 15.3 Å². The number of fused-ring (bicyclic) bond motifs is 1. The number of nitrogens with one attached hydrogen (secondary N) is 1. The first-order chi connectivity index (χ1) is 10.8. The van der Waals surface area contributed by atoms with Gasteiger partial charge in [-0.05, 0) is 30.9 Å². The van der Waals surface area contributed by atoms with Crippen molar-refractivity contribution in [1.82, 2.24) is 15.3 Å². The second-order valence-electron chi connectivity index (χ2n) is 5.94.